The Morgan fingerprint density at radius 3 is 2.48 bits per heavy atom. The van der Waals surface area contributed by atoms with E-state index in [-0.39, 0.29) is 5.82 Å². The van der Waals surface area contributed by atoms with E-state index >= 15 is 0 Å². The molecule has 27 heavy (non-hydrogen) atoms. The molecule has 0 aromatic heterocycles. The SMILES string of the molecule is CCNC(=NCc1ccc(F)c(C)c1)NCC(C)CN1CCN(CC)CC1. The average molecular weight is 378 g/mol. The van der Waals surface area contributed by atoms with Crippen molar-refractivity contribution in [3.05, 3.63) is 35.1 Å². The molecule has 0 spiro atoms. The number of nitrogens with one attached hydrogen (secondary N) is 2. The zero-order chi connectivity index (χ0) is 19.6. The Morgan fingerprint density at radius 1 is 1.15 bits per heavy atom. The first kappa shape index (κ1) is 21.6. The number of aryl methyl sites for hydroxylation is 1. The van der Waals surface area contributed by atoms with Crippen LogP contribution in [0.1, 0.15) is 31.9 Å². The summed E-state index contributed by atoms with van der Waals surface area (Å²) >= 11 is 0. The lowest BCUT2D eigenvalue weighted by Crippen LogP contribution is -2.48. The van der Waals surface area contributed by atoms with Gasteiger partial charge < -0.3 is 20.4 Å². The van der Waals surface area contributed by atoms with Crippen LogP contribution in [0.5, 0.6) is 0 Å². The minimum atomic E-state index is -0.165. The Labute approximate surface area is 164 Å². The largest absolute Gasteiger partial charge is 0.357 e. The molecular formula is C21H36FN5. The van der Waals surface area contributed by atoms with Crippen molar-refractivity contribution in [1.29, 1.82) is 0 Å². The molecule has 1 saturated heterocycles. The molecule has 0 aliphatic carbocycles. The zero-order valence-electron chi connectivity index (χ0n) is 17.4. The van der Waals surface area contributed by atoms with Crippen molar-refractivity contribution < 1.29 is 4.39 Å². The first-order valence-electron chi connectivity index (χ1n) is 10.2. The highest BCUT2D eigenvalue weighted by molar-refractivity contribution is 5.79. The third-order valence-corrected chi connectivity index (χ3v) is 5.09. The topological polar surface area (TPSA) is 42.9 Å². The maximum atomic E-state index is 13.4. The lowest BCUT2D eigenvalue weighted by atomic mass is 10.1. The Balaban J connectivity index is 1.79. The van der Waals surface area contributed by atoms with E-state index in [0.29, 0.717) is 18.0 Å². The number of rotatable bonds is 8. The summed E-state index contributed by atoms with van der Waals surface area (Å²) < 4.78 is 13.4. The van der Waals surface area contributed by atoms with Gasteiger partial charge in [-0.3, -0.25) is 0 Å². The molecule has 5 nitrogen and oxygen atoms in total. The van der Waals surface area contributed by atoms with E-state index in [4.69, 9.17) is 0 Å². The van der Waals surface area contributed by atoms with Crippen molar-refractivity contribution in [2.75, 3.05) is 52.4 Å². The number of guanidine groups is 1. The van der Waals surface area contributed by atoms with Crippen LogP contribution in [0.25, 0.3) is 0 Å². The quantitative estimate of drug-likeness (QED) is 0.540. The predicted molar refractivity (Wildman–Crippen MR) is 112 cm³/mol. The number of aliphatic imine (C=N–C) groups is 1. The fourth-order valence-electron chi connectivity index (χ4n) is 3.38. The van der Waals surface area contributed by atoms with Crippen molar-refractivity contribution in [3.8, 4) is 0 Å². The molecular weight excluding hydrogens is 341 g/mol. The van der Waals surface area contributed by atoms with Crippen molar-refractivity contribution in [1.82, 2.24) is 20.4 Å². The third kappa shape index (κ3) is 7.46. The molecule has 1 atom stereocenters. The molecule has 1 aromatic carbocycles. The third-order valence-electron chi connectivity index (χ3n) is 5.09. The molecule has 1 aliphatic heterocycles. The number of piperazine rings is 1. The second-order valence-electron chi connectivity index (χ2n) is 7.50. The van der Waals surface area contributed by atoms with Gasteiger partial charge in [0.05, 0.1) is 6.54 Å². The molecule has 1 unspecified atom stereocenters. The summed E-state index contributed by atoms with van der Waals surface area (Å²) in [5.41, 5.74) is 1.69. The van der Waals surface area contributed by atoms with E-state index in [1.54, 1.807) is 13.0 Å². The second-order valence-corrected chi connectivity index (χ2v) is 7.50. The van der Waals surface area contributed by atoms with Gasteiger partial charge in [-0.25, -0.2) is 9.38 Å². The molecule has 1 aromatic rings. The standard InChI is InChI=1S/C21H36FN5/c1-5-23-21(25-15-19-7-8-20(22)18(4)13-19)24-14-17(3)16-27-11-9-26(6-2)10-12-27/h7-8,13,17H,5-6,9-12,14-16H2,1-4H3,(H2,23,24,25). The summed E-state index contributed by atoms with van der Waals surface area (Å²) in [4.78, 5) is 9.71. The van der Waals surface area contributed by atoms with Gasteiger partial charge >= 0.3 is 0 Å². The van der Waals surface area contributed by atoms with Crippen LogP contribution >= 0.6 is 0 Å². The fourth-order valence-corrected chi connectivity index (χ4v) is 3.38. The van der Waals surface area contributed by atoms with E-state index in [1.165, 1.54) is 19.2 Å². The van der Waals surface area contributed by atoms with Crippen molar-refractivity contribution >= 4 is 5.96 Å². The molecule has 2 rings (SSSR count). The van der Waals surface area contributed by atoms with Gasteiger partial charge in [0, 0.05) is 45.8 Å². The highest BCUT2D eigenvalue weighted by atomic mass is 19.1. The Kier molecular flexibility index (Phi) is 9.01. The highest BCUT2D eigenvalue weighted by Crippen LogP contribution is 2.10. The number of nitrogens with zero attached hydrogens (tertiary/aromatic N) is 3. The van der Waals surface area contributed by atoms with Gasteiger partial charge in [0.1, 0.15) is 5.82 Å². The smallest absolute Gasteiger partial charge is 0.191 e. The van der Waals surface area contributed by atoms with E-state index < -0.39 is 0 Å². The lowest BCUT2D eigenvalue weighted by Gasteiger charge is -2.35. The number of hydrogen-bond acceptors (Lipinski definition) is 3. The van der Waals surface area contributed by atoms with E-state index in [1.807, 2.05) is 6.07 Å². The van der Waals surface area contributed by atoms with Gasteiger partial charge in [-0.2, -0.15) is 0 Å². The van der Waals surface area contributed by atoms with E-state index in [0.717, 1.165) is 50.8 Å². The first-order valence-corrected chi connectivity index (χ1v) is 10.2. The van der Waals surface area contributed by atoms with Gasteiger partial charge in [-0.05, 0) is 43.5 Å². The summed E-state index contributed by atoms with van der Waals surface area (Å²) in [6, 6.07) is 5.18. The Bertz CT molecular complexity index is 596. The lowest BCUT2D eigenvalue weighted by molar-refractivity contribution is 0.124. The molecule has 2 N–H and O–H groups in total. The average Bonchev–Trinajstić information content (AvgIpc) is 2.67. The van der Waals surface area contributed by atoms with Crippen molar-refractivity contribution in [2.45, 2.75) is 34.2 Å². The fraction of sp³-hybridized carbons (Fsp3) is 0.667. The maximum Gasteiger partial charge on any atom is 0.191 e. The maximum absolute atomic E-state index is 13.4. The van der Waals surface area contributed by atoms with Crippen LogP contribution in [0.15, 0.2) is 23.2 Å². The number of hydrogen-bond donors (Lipinski definition) is 2. The van der Waals surface area contributed by atoms with Gasteiger partial charge in [-0.1, -0.05) is 26.0 Å². The van der Waals surface area contributed by atoms with Crippen LogP contribution in [-0.4, -0.2) is 68.1 Å². The number of halogens is 1. The van der Waals surface area contributed by atoms with Gasteiger partial charge in [0.15, 0.2) is 5.96 Å². The van der Waals surface area contributed by atoms with Crippen LogP contribution in [0.4, 0.5) is 4.39 Å². The van der Waals surface area contributed by atoms with Crippen LogP contribution < -0.4 is 10.6 Å². The molecule has 1 aliphatic rings. The van der Waals surface area contributed by atoms with Gasteiger partial charge in [0.2, 0.25) is 0 Å². The molecule has 152 valence electrons. The van der Waals surface area contributed by atoms with Crippen LogP contribution in [0, 0.1) is 18.7 Å². The predicted octanol–water partition coefficient (Wildman–Crippen LogP) is 2.46. The minimum Gasteiger partial charge on any atom is -0.357 e. The Hall–Kier alpha value is -1.66. The molecule has 0 radical (unpaired) electrons. The van der Waals surface area contributed by atoms with Crippen LogP contribution in [0.2, 0.25) is 0 Å². The first-order chi connectivity index (χ1) is 13.0. The normalized spacial score (nSPS) is 17.7. The van der Waals surface area contributed by atoms with E-state index in [2.05, 4.69) is 46.2 Å². The monoisotopic (exact) mass is 377 g/mol. The molecule has 0 amide bonds. The second kappa shape index (κ2) is 11.2. The number of benzene rings is 1. The molecule has 1 fully saturated rings. The van der Waals surface area contributed by atoms with Crippen molar-refractivity contribution in [2.24, 2.45) is 10.9 Å². The van der Waals surface area contributed by atoms with Crippen molar-refractivity contribution in [3.63, 3.8) is 0 Å². The summed E-state index contributed by atoms with van der Waals surface area (Å²) in [5, 5.41) is 6.75. The minimum absolute atomic E-state index is 0.165. The van der Waals surface area contributed by atoms with E-state index in [9.17, 15) is 4.39 Å². The molecule has 0 saturated carbocycles. The molecule has 0 bridgehead atoms. The molecule has 1 heterocycles. The summed E-state index contributed by atoms with van der Waals surface area (Å²) in [6.07, 6.45) is 0. The molecule has 6 heteroatoms. The number of likely N-dealkylation sites (N-methyl/N-ethyl adjacent to an activating group) is 1. The highest BCUT2D eigenvalue weighted by Gasteiger charge is 2.17. The van der Waals surface area contributed by atoms with Gasteiger partial charge in [0.25, 0.3) is 0 Å². The summed E-state index contributed by atoms with van der Waals surface area (Å²) in [6.45, 7) is 17.6. The summed E-state index contributed by atoms with van der Waals surface area (Å²) in [5.74, 6) is 1.21. The Morgan fingerprint density at radius 2 is 1.85 bits per heavy atom. The van der Waals surface area contributed by atoms with Crippen LogP contribution in [-0.2, 0) is 6.54 Å². The van der Waals surface area contributed by atoms with Gasteiger partial charge in [-0.15, -0.1) is 0 Å². The zero-order valence-corrected chi connectivity index (χ0v) is 17.4. The summed E-state index contributed by atoms with van der Waals surface area (Å²) in [7, 11) is 0. The van der Waals surface area contributed by atoms with Crippen LogP contribution in [0.3, 0.4) is 0 Å².